The molecule has 130 valence electrons. The van der Waals surface area contributed by atoms with Crippen LogP contribution in [-0.2, 0) is 19.1 Å². The summed E-state index contributed by atoms with van der Waals surface area (Å²) in [7, 11) is 3.00. The zero-order valence-electron chi connectivity index (χ0n) is 14.3. The zero-order chi connectivity index (χ0) is 17.9. The van der Waals surface area contributed by atoms with E-state index >= 15 is 0 Å². The molecule has 0 heterocycles. The lowest BCUT2D eigenvalue weighted by atomic mass is 10.1. The number of hydrogen-bond donors (Lipinski definition) is 0. The van der Waals surface area contributed by atoms with Gasteiger partial charge in [-0.25, -0.2) is 9.59 Å². The molecule has 0 aliphatic rings. The molecule has 0 unspecified atom stereocenters. The van der Waals surface area contributed by atoms with Crippen LogP contribution in [0.1, 0.15) is 25.0 Å². The summed E-state index contributed by atoms with van der Waals surface area (Å²) in [5, 5.41) is 0. The Hall–Kier alpha value is -2.76. The Balaban J connectivity index is 3.14. The van der Waals surface area contributed by atoms with Gasteiger partial charge in [0.15, 0.2) is 11.5 Å². The minimum absolute atomic E-state index is 0.307. The maximum absolute atomic E-state index is 11.4. The molecule has 0 radical (unpaired) electrons. The van der Waals surface area contributed by atoms with Gasteiger partial charge < -0.3 is 18.9 Å². The second-order valence-electron chi connectivity index (χ2n) is 4.48. The smallest absolute Gasteiger partial charge is 0.330 e. The Bertz CT molecular complexity index is 576. The molecule has 0 aliphatic heterocycles. The Morgan fingerprint density at radius 2 is 1.21 bits per heavy atom. The van der Waals surface area contributed by atoms with Crippen molar-refractivity contribution >= 4 is 24.1 Å². The van der Waals surface area contributed by atoms with Crippen molar-refractivity contribution in [2.45, 2.75) is 13.8 Å². The standard InChI is InChI=1S/C18H22O6/c1-5-23-15(19)11-9-13-7-8-14(10-12-16(20)24-6-2)18(22-4)17(13)21-3/h7-12H,5-6H2,1-4H3. The number of methoxy groups -OCH3 is 2. The van der Waals surface area contributed by atoms with E-state index in [1.54, 1.807) is 38.1 Å². The van der Waals surface area contributed by atoms with E-state index in [1.165, 1.54) is 26.4 Å². The van der Waals surface area contributed by atoms with E-state index in [4.69, 9.17) is 18.9 Å². The SMILES string of the molecule is CCOC(=O)C=Cc1ccc(C=CC(=O)OCC)c(OC)c1OC. The van der Waals surface area contributed by atoms with Crippen LogP contribution in [0.5, 0.6) is 11.5 Å². The van der Waals surface area contributed by atoms with E-state index in [0.29, 0.717) is 35.8 Å². The molecule has 24 heavy (non-hydrogen) atoms. The van der Waals surface area contributed by atoms with Gasteiger partial charge in [0, 0.05) is 23.3 Å². The zero-order valence-corrected chi connectivity index (χ0v) is 14.3. The first kappa shape index (κ1) is 19.3. The largest absolute Gasteiger partial charge is 0.492 e. The average molecular weight is 334 g/mol. The highest BCUT2D eigenvalue weighted by atomic mass is 16.5. The molecule has 0 N–H and O–H groups in total. The molecule has 0 aromatic heterocycles. The molecule has 1 rings (SSSR count). The molecule has 0 spiro atoms. The summed E-state index contributed by atoms with van der Waals surface area (Å²) >= 11 is 0. The van der Waals surface area contributed by atoms with Crippen molar-refractivity contribution in [2.75, 3.05) is 27.4 Å². The van der Waals surface area contributed by atoms with E-state index < -0.39 is 11.9 Å². The van der Waals surface area contributed by atoms with Gasteiger partial charge in [0.1, 0.15) is 0 Å². The normalized spacial score (nSPS) is 10.8. The number of esters is 2. The van der Waals surface area contributed by atoms with Gasteiger partial charge in [0.2, 0.25) is 0 Å². The van der Waals surface area contributed by atoms with Crippen LogP contribution < -0.4 is 9.47 Å². The number of hydrogen-bond acceptors (Lipinski definition) is 6. The summed E-state index contributed by atoms with van der Waals surface area (Å²) in [6.07, 6.45) is 5.79. The minimum atomic E-state index is -0.440. The lowest BCUT2D eigenvalue weighted by Gasteiger charge is -2.13. The highest BCUT2D eigenvalue weighted by molar-refractivity contribution is 5.89. The fraction of sp³-hybridized carbons (Fsp3) is 0.333. The second kappa shape index (κ2) is 10.1. The number of rotatable bonds is 8. The highest BCUT2D eigenvalue weighted by Gasteiger charge is 2.13. The minimum Gasteiger partial charge on any atom is -0.492 e. The lowest BCUT2D eigenvalue weighted by Crippen LogP contribution is -2.00. The van der Waals surface area contributed by atoms with Crippen LogP contribution in [0.4, 0.5) is 0 Å². The van der Waals surface area contributed by atoms with Crippen LogP contribution in [0.15, 0.2) is 24.3 Å². The summed E-state index contributed by atoms with van der Waals surface area (Å²) in [5.74, 6) is 0.0164. The van der Waals surface area contributed by atoms with Gasteiger partial charge in [-0.15, -0.1) is 0 Å². The van der Waals surface area contributed by atoms with Crippen LogP contribution in [0.3, 0.4) is 0 Å². The van der Waals surface area contributed by atoms with Crippen molar-refractivity contribution in [3.8, 4) is 11.5 Å². The summed E-state index contributed by atoms with van der Waals surface area (Å²) < 4.78 is 20.4. The molecular formula is C18H22O6. The van der Waals surface area contributed by atoms with Crippen molar-refractivity contribution in [2.24, 2.45) is 0 Å². The van der Waals surface area contributed by atoms with Crippen molar-refractivity contribution in [3.63, 3.8) is 0 Å². The van der Waals surface area contributed by atoms with Gasteiger partial charge in [-0.05, 0) is 26.0 Å². The van der Waals surface area contributed by atoms with E-state index in [0.717, 1.165) is 0 Å². The number of carbonyl (C=O) groups excluding carboxylic acids is 2. The molecule has 1 aromatic rings. The first-order valence-corrected chi connectivity index (χ1v) is 7.51. The lowest BCUT2D eigenvalue weighted by molar-refractivity contribution is -0.138. The number of benzene rings is 1. The topological polar surface area (TPSA) is 71.1 Å². The quantitative estimate of drug-likeness (QED) is 0.538. The molecule has 0 saturated heterocycles. The van der Waals surface area contributed by atoms with Crippen molar-refractivity contribution < 1.29 is 28.5 Å². The molecule has 0 amide bonds. The van der Waals surface area contributed by atoms with Crippen LogP contribution in [0.2, 0.25) is 0 Å². The van der Waals surface area contributed by atoms with E-state index in [9.17, 15) is 9.59 Å². The molecule has 0 bridgehead atoms. The Labute approximate surface area is 141 Å². The Morgan fingerprint density at radius 3 is 1.50 bits per heavy atom. The van der Waals surface area contributed by atoms with Crippen molar-refractivity contribution in [1.29, 1.82) is 0 Å². The van der Waals surface area contributed by atoms with Gasteiger partial charge >= 0.3 is 11.9 Å². The molecule has 0 atom stereocenters. The third-order valence-electron chi connectivity index (χ3n) is 2.95. The molecular weight excluding hydrogens is 312 g/mol. The van der Waals surface area contributed by atoms with Crippen molar-refractivity contribution in [1.82, 2.24) is 0 Å². The first-order chi connectivity index (χ1) is 11.6. The Kier molecular flexibility index (Phi) is 8.11. The maximum Gasteiger partial charge on any atom is 0.330 e. The van der Waals surface area contributed by atoms with Crippen LogP contribution >= 0.6 is 0 Å². The van der Waals surface area contributed by atoms with Crippen molar-refractivity contribution in [3.05, 3.63) is 35.4 Å². The second-order valence-corrected chi connectivity index (χ2v) is 4.48. The summed E-state index contributed by atoms with van der Waals surface area (Å²) in [5.41, 5.74) is 1.30. The van der Waals surface area contributed by atoms with Gasteiger partial charge in [0.05, 0.1) is 27.4 Å². The number of carbonyl (C=O) groups is 2. The average Bonchev–Trinajstić information content (AvgIpc) is 2.58. The molecule has 6 nitrogen and oxygen atoms in total. The predicted octanol–water partition coefficient (Wildman–Crippen LogP) is 2.86. The van der Waals surface area contributed by atoms with Crippen LogP contribution in [0, 0.1) is 0 Å². The monoisotopic (exact) mass is 334 g/mol. The molecule has 0 aliphatic carbocycles. The predicted molar refractivity (Wildman–Crippen MR) is 90.9 cm³/mol. The molecule has 0 fully saturated rings. The number of ether oxygens (including phenoxy) is 4. The van der Waals surface area contributed by atoms with Gasteiger partial charge in [-0.2, -0.15) is 0 Å². The van der Waals surface area contributed by atoms with E-state index in [2.05, 4.69) is 0 Å². The maximum atomic E-state index is 11.4. The van der Waals surface area contributed by atoms with E-state index in [-0.39, 0.29) is 0 Å². The van der Waals surface area contributed by atoms with Crippen LogP contribution in [0.25, 0.3) is 12.2 Å². The van der Waals surface area contributed by atoms with Gasteiger partial charge in [-0.1, -0.05) is 12.1 Å². The first-order valence-electron chi connectivity index (χ1n) is 7.51. The third kappa shape index (κ3) is 5.46. The van der Waals surface area contributed by atoms with E-state index in [1.807, 2.05) is 0 Å². The van der Waals surface area contributed by atoms with Gasteiger partial charge in [0.25, 0.3) is 0 Å². The molecule has 0 saturated carbocycles. The highest BCUT2D eigenvalue weighted by Crippen LogP contribution is 2.36. The molecule has 1 aromatic carbocycles. The summed E-state index contributed by atoms with van der Waals surface area (Å²) in [6, 6.07) is 3.50. The molecule has 6 heteroatoms. The Morgan fingerprint density at radius 1 is 0.833 bits per heavy atom. The summed E-state index contributed by atoms with van der Waals surface area (Å²) in [4.78, 5) is 22.9. The fourth-order valence-electron chi connectivity index (χ4n) is 1.97. The van der Waals surface area contributed by atoms with Gasteiger partial charge in [-0.3, -0.25) is 0 Å². The summed E-state index contributed by atoms with van der Waals surface area (Å²) in [6.45, 7) is 4.09. The van der Waals surface area contributed by atoms with Crippen LogP contribution in [-0.4, -0.2) is 39.4 Å². The fourth-order valence-corrected chi connectivity index (χ4v) is 1.97. The third-order valence-corrected chi connectivity index (χ3v) is 2.95.